The number of para-hydroxylation sites is 1. The van der Waals surface area contributed by atoms with E-state index >= 15 is 0 Å². The fraction of sp³-hybridized carbons (Fsp3) is 0.176. The first kappa shape index (κ1) is 15.4. The second kappa shape index (κ2) is 6.71. The lowest BCUT2D eigenvalue weighted by atomic mass is 10.1. The SMILES string of the molecule is COc1cc(CCC=O)cc2oc(Nc3ccccc3Cl)nc12. The van der Waals surface area contributed by atoms with Gasteiger partial charge in [0.05, 0.1) is 17.8 Å². The highest BCUT2D eigenvalue weighted by atomic mass is 35.5. The maximum atomic E-state index is 10.5. The molecule has 118 valence electrons. The molecular weight excluding hydrogens is 316 g/mol. The number of ether oxygens (including phenoxy) is 1. The Morgan fingerprint density at radius 1 is 1.35 bits per heavy atom. The number of oxazole rings is 1. The van der Waals surface area contributed by atoms with E-state index in [4.69, 9.17) is 20.8 Å². The molecule has 23 heavy (non-hydrogen) atoms. The zero-order chi connectivity index (χ0) is 16.2. The molecule has 0 aliphatic heterocycles. The lowest BCUT2D eigenvalue weighted by Crippen LogP contribution is -1.91. The Kier molecular flexibility index (Phi) is 4.48. The Bertz CT molecular complexity index is 845. The molecule has 0 fully saturated rings. The highest BCUT2D eigenvalue weighted by Gasteiger charge is 2.13. The Morgan fingerprint density at radius 2 is 2.17 bits per heavy atom. The van der Waals surface area contributed by atoms with Crippen molar-refractivity contribution in [2.24, 2.45) is 0 Å². The van der Waals surface area contributed by atoms with Gasteiger partial charge < -0.3 is 19.3 Å². The largest absolute Gasteiger partial charge is 0.494 e. The summed E-state index contributed by atoms with van der Waals surface area (Å²) < 4.78 is 11.1. The van der Waals surface area contributed by atoms with Crippen molar-refractivity contribution in [3.63, 3.8) is 0 Å². The molecule has 0 saturated carbocycles. The number of nitrogens with one attached hydrogen (secondary N) is 1. The average Bonchev–Trinajstić information content (AvgIpc) is 2.96. The van der Waals surface area contributed by atoms with Crippen LogP contribution in [0.1, 0.15) is 12.0 Å². The fourth-order valence-corrected chi connectivity index (χ4v) is 2.49. The predicted molar refractivity (Wildman–Crippen MR) is 89.7 cm³/mol. The Morgan fingerprint density at radius 3 is 2.91 bits per heavy atom. The van der Waals surface area contributed by atoms with E-state index in [-0.39, 0.29) is 0 Å². The standard InChI is InChI=1S/C17H15ClN2O3/c1-22-14-9-11(5-4-8-21)10-15-16(14)20-17(23-15)19-13-7-3-2-6-12(13)18/h2-3,6-10H,4-5H2,1H3,(H,19,20). The van der Waals surface area contributed by atoms with Crippen molar-refractivity contribution in [3.8, 4) is 5.75 Å². The van der Waals surface area contributed by atoms with Crippen LogP contribution in [0.15, 0.2) is 40.8 Å². The van der Waals surface area contributed by atoms with Crippen LogP contribution in [0.5, 0.6) is 5.75 Å². The maximum absolute atomic E-state index is 10.5. The number of nitrogens with zero attached hydrogens (tertiary/aromatic N) is 1. The molecule has 0 aliphatic carbocycles. The number of carbonyl (C=O) groups excluding carboxylic acids is 1. The van der Waals surface area contributed by atoms with Gasteiger partial charge in [-0.05, 0) is 36.2 Å². The van der Waals surface area contributed by atoms with Crippen LogP contribution in [0.4, 0.5) is 11.7 Å². The molecule has 1 N–H and O–H groups in total. The van der Waals surface area contributed by atoms with E-state index in [1.165, 1.54) is 0 Å². The van der Waals surface area contributed by atoms with Crippen molar-refractivity contribution in [3.05, 3.63) is 47.0 Å². The average molecular weight is 331 g/mol. The molecular formula is C17H15ClN2O3. The van der Waals surface area contributed by atoms with E-state index in [1.54, 1.807) is 13.2 Å². The highest BCUT2D eigenvalue weighted by Crippen LogP contribution is 2.32. The van der Waals surface area contributed by atoms with Gasteiger partial charge in [-0.15, -0.1) is 0 Å². The molecule has 0 radical (unpaired) electrons. The van der Waals surface area contributed by atoms with E-state index in [0.29, 0.717) is 46.4 Å². The van der Waals surface area contributed by atoms with Gasteiger partial charge in [-0.25, -0.2) is 0 Å². The monoisotopic (exact) mass is 330 g/mol. The smallest absolute Gasteiger partial charge is 0.300 e. The van der Waals surface area contributed by atoms with Gasteiger partial charge in [0.2, 0.25) is 0 Å². The summed E-state index contributed by atoms with van der Waals surface area (Å²) in [7, 11) is 1.58. The summed E-state index contributed by atoms with van der Waals surface area (Å²) in [6.07, 6.45) is 1.97. The molecule has 0 aliphatic rings. The third kappa shape index (κ3) is 3.29. The third-order valence-electron chi connectivity index (χ3n) is 3.41. The lowest BCUT2D eigenvalue weighted by Gasteiger charge is -2.03. The van der Waals surface area contributed by atoms with Gasteiger partial charge in [0, 0.05) is 6.42 Å². The molecule has 0 atom stereocenters. The normalized spacial score (nSPS) is 10.7. The molecule has 2 aromatic carbocycles. The number of aldehydes is 1. The van der Waals surface area contributed by atoms with Crippen molar-refractivity contribution < 1.29 is 13.9 Å². The zero-order valence-corrected chi connectivity index (χ0v) is 13.3. The first-order chi connectivity index (χ1) is 11.2. The molecule has 0 amide bonds. The minimum Gasteiger partial charge on any atom is -0.494 e. The van der Waals surface area contributed by atoms with Gasteiger partial charge in [0.25, 0.3) is 6.01 Å². The number of halogens is 1. The van der Waals surface area contributed by atoms with Crippen LogP contribution in [0, 0.1) is 0 Å². The van der Waals surface area contributed by atoms with E-state index in [9.17, 15) is 4.79 Å². The number of rotatable bonds is 6. The molecule has 5 nitrogen and oxygen atoms in total. The number of fused-ring (bicyclic) bond motifs is 1. The molecule has 1 heterocycles. The van der Waals surface area contributed by atoms with Crippen LogP contribution in [0.25, 0.3) is 11.1 Å². The Hall–Kier alpha value is -2.53. The molecule has 3 aromatic rings. The lowest BCUT2D eigenvalue weighted by molar-refractivity contribution is -0.107. The number of carbonyl (C=O) groups is 1. The quantitative estimate of drug-likeness (QED) is 0.680. The number of methoxy groups -OCH3 is 1. The van der Waals surface area contributed by atoms with Gasteiger partial charge in [-0.3, -0.25) is 0 Å². The van der Waals surface area contributed by atoms with Crippen molar-refractivity contribution >= 4 is 40.7 Å². The summed E-state index contributed by atoms with van der Waals surface area (Å²) in [4.78, 5) is 15.0. The highest BCUT2D eigenvalue weighted by molar-refractivity contribution is 6.33. The van der Waals surface area contributed by atoms with Gasteiger partial charge in [0.1, 0.15) is 12.0 Å². The number of anilines is 2. The van der Waals surface area contributed by atoms with Crippen molar-refractivity contribution in [2.75, 3.05) is 12.4 Å². The minimum atomic E-state index is 0.332. The summed E-state index contributed by atoms with van der Waals surface area (Å²) in [6.45, 7) is 0. The second-order valence-corrected chi connectivity index (χ2v) is 5.38. The van der Waals surface area contributed by atoms with Crippen molar-refractivity contribution in [2.45, 2.75) is 12.8 Å². The molecule has 1 aromatic heterocycles. The summed E-state index contributed by atoms with van der Waals surface area (Å²) >= 11 is 6.12. The van der Waals surface area contributed by atoms with Gasteiger partial charge in [-0.2, -0.15) is 4.98 Å². The summed E-state index contributed by atoms with van der Waals surface area (Å²) in [5.41, 5.74) is 2.89. The van der Waals surface area contributed by atoms with Crippen LogP contribution >= 0.6 is 11.6 Å². The number of aromatic nitrogens is 1. The van der Waals surface area contributed by atoms with Crippen LogP contribution in [0.3, 0.4) is 0 Å². The third-order valence-corrected chi connectivity index (χ3v) is 3.74. The topological polar surface area (TPSA) is 64.4 Å². The Balaban J connectivity index is 1.97. The van der Waals surface area contributed by atoms with Crippen LogP contribution in [-0.2, 0) is 11.2 Å². The molecule has 0 spiro atoms. The molecule has 0 saturated heterocycles. The Labute approximate surface area is 138 Å². The van der Waals surface area contributed by atoms with Crippen LogP contribution in [0.2, 0.25) is 5.02 Å². The van der Waals surface area contributed by atoms with E-state index in [1.807, 2.05) is 30.3 Å². The number of benzene rings is 2. The van der Waals surface area contributed by atoms with E-state index in [0.717, 1.165) is 11.8 Å². The number of hydrogen-bond acceptors (Lipinski definition) is 5. The van der Waals surface area contributed by atoms with Gasteiger partial charge in [0.15, 0.2) is 11.1 Å². The van der Waals surface area contributed by atoms with E-state index < -0.39 is 0 Å². The van der Waals surface area contributed by atoms with Crippen LogP contribution in [-0.4, -0.2) is 18.4 Å². The first-order valence-electron chi connectivity index (χ1n) is 7.14. The minimum absolute atomic E-state index is 0.332. The number of hydrogen-bond donors (Lipinski definition) is 1. The van der Waals surface area contributed by atoms with Crippen LogP contribution < -0.4 is 10.1 Å². The fourth-order valence-electron chi connectivity index (χ4n) is 2.31. The second-order valence-electron chi connectivity index (χ2n) is 4.97. The van der Waals surface area contributed by atoms with Gasteiger partial charge in [-0.1, -0.05) is 23.7 Å². The molecule has 3 rings (SSSR count). The predicted octanol–water partition coefficient (Wildman–Crippen LogP) is 4.36. The summed E-state index contributed by atoms with van der Waals surface area (Å²) in [6, 6.07) is 11.4. The van der Waals surface area contributed by atoms with Crippen molar-refractivity contribution in [1.82, 2.24) is 4.98 Å². The van der Waals surface area contributed by atoms with Gasteiger partial charge >= 0.3 is 0 Å². The molecule has 0 bridgehead atoms. The summed E-state index contributed by atoms with van der Waals surface area (Å²) in [5.74, 6) is 0.611. The number of aryl methyl sites for hydroxylation is 1. The zero-order valence-electron chi connectivity index (χ0n) is 12.5. The van der Waals surface area contributed by atoms with Crippen molar-refractivity contribution in [1.29, 1.82) is 0 Å². The molecule has 0 unspecified atom stereocenters. The summed E-state index contributed by atoms with van der Waals surface area (Å²) in [5, 5.41) is 3.63. The van der Waals surface area contributed by atoms with E-state index in [2.05, 4.69) is 10.3 Å². The molecule has 6 heteroatoms. The maximum Gasteiger partial charge on any atom is 0.300 e. The first-order valence-corrected chi connectivity index (χ1v) is 7.51.